The number of likely N-dealkylation sites (tertiary alicyclic amines) is 1. The maximum atomic E-state index is 14.8. The van der Waals surface area contributed by atoms with Gasteiger partial charge in [-0.1, -0.05) is 23.7 Å². The van der Waals surface area contributed by atoms with Gasteiger partial charge in [0.05, 0.1) is 30.5 Å². The van der Waals surface area contributed by atoms with Gasteiger partial charge in [0.15, 0.2) is 11.5 Å². The first-order valence-electron chi connectivity index (χ1n) is 13.7. The summed E-state index contributed by atoms with van der Waals surface area (Å²) in [6.45, 7) is 4.69. The summed E-state index contributed by atoms with van der Waals surface area (Å²) in [5, 5.41) is 9.34. The number of aromatic nitrogens is 2. The minimum absolute atomic E-state index is 0.0421. The van der Waals surface area contributed by atoms with E-state index in [1.54, 1.807) is 23.6 Å². The highest BCUT2D eigenvalue weighted by atomic mass is 35.5. The molecule has 2 aromatic carbocycles. The second-order valence-electron chi connectivity index (χ2n) is 10.8. The van der Waals surface area contributed by atoms with Crippen LogP contribution in [-0.4, -0.2) is 51.3 Å². The molecule has 0 radical (unpaired) electrons. The minimum Gasteiger partial charge on any atom is -0.478 e. The monoisotopic (exact) mass is 585 g/mol. The van der Waals surface area contributed by atoms with Crippen molar-refractivity contribution < 1.29 is 32.9 Å². The second kappa shape index (κ2) is 11.1. The van der Waals surface area contributed by atoms with Crippen LogP contribution in [0.25, 0.3) is 6.08 Å². The van der Waals surface area contributed by atoms with Crippen molar-refractivity contribution in [3.8, 4) is 11.5 Å². The molecule has 2 atom stereocenters. The first-order chi connectivity index (χ1) is 19.7. The average Bonchev–Trinajstić information content (AvgIpc) is 3.40. The van der Waals surface area contributed by atoms with Gasteiger partial charge in [0.2, 0.25) is 5.95 Å². The third-order valence-electron chi connectivity index (χ3n) is 8.03. The third-order valence-corrected chi connectivity index (χ3v) is 8.26. The largest absolute Gasteiger partial charge is 0.478 e. The number of hydrogen-bond donors (Lipinski definition) is 1. The number of halogens is 3. The van der Waals surface area contributed by atoms with Crippen LogP contribution in [0.5, 0.6) is 11.5 Å². The summed E-state index contributed by atoms with van der Waals surface area (Å²) in [5.41, 5.74) is 1.42. The molecule has 0 amide bonds. The van der Waals surface area contributed by atoms with Crippen LogP contribution in [0.4, 0.5) is 8.78 Å². The van der Waals surface area contributed by atoms with Crippen LogP contribution in [0, 0.1) is 11.8 Å². The first-order valence-corrected chi connectivity index (χ1v) is 14.0. The van der Waals surface area contributed by atoms with Crippen molar-refractivity contribution in [2.24, 2.45) is 0 Å². The zero-order valence-corrected chi connectivity index (χ0v) is 23.2. The van der Waals surface area contributed by atoms with Gasteiger partial charge in [-0.3, -0.25) is 4.90 Å². The van der Waals surface area contributed by atoms with E-state index in [1.807, 2.05) is 18.2 Å². The molecule has 3 aliphatic rings. The fourth-order valence-electron chi connectivity index (χ4n) is 5.79. The molecule has 3 aliphatic heterocycles. The Morgan fingerprint density at radius 2 is 1.98 bits per heavy atom. The molecule has 1 N–H and O–H groups in total. The van der Waals surface area contributed by atoms with Gasteiger partial charge in [0.25, 0.3) is 5.79 Å². The third kappa shape index (κ3) is 5.56. The molecule has 8 nitrogen and oxygen atoms in total. The molecule has 0 spiro atoms. The van der Waals surface area contributed by atoms with Crippen molar-refractivity contribution in [2.45, 2.75) is 57.1 Å². The van der Waals surface area contributed by atoms with E-state index in [0.29, 0.717) is 42.0 Å². The van der Waals surface area contributed by atoms with Crippen LogP contribution in [0.3, 0.4) is 0 Å². The molecule has 41 heavy (non-hydrogen) atoms. The van der Waals surface area contributed by atoms with E-state index >= 15 is 0 Å². The van der Waals surface area contributed by atoms with Crippen LogP contribution in [0.2, 0.25) is 5.02 Å². The normalized spacial score (nSPS) is 22.8. The number of para-hydroxylation sites is 1. The molecule has 1 aromatic heterocycles. The lowest BCUT2D eigenvalue weighted by atomic mass is 9.88. The lowest BCUT2D eigenvalue weighted by Crippen LogP contribution is -2.35. The summed E-state index contributed by atoms with van der Waals surface area (Å²) in [6, 6.07) is 10.2. The molecule has 11 heteroatoms. The fraction of sp³-hybridized carbons (Fsp3) is 0.400. The van der Waals surface area contributed by atoms with Crippen LogP contribution >= 0.6 is 11.6 Å². The van der Waals surface area contributed by atoms with Crippen LogP contribution in [0.15, 0.2) is 42.5 Å². The average molecular weight is 586 g/mol. The number of piperidine rings is 1. The van der Waals surface area contributed by atoms with Crippen LogP contribution in [0.1, 0.15) is 54.7 Å². The van der Waals surface area contributed by atoms with Crippen LogP contribution < -0.4 is 9.47 Å². The highest BCUT2D eigenvalue weighted by Gasteiger charge is 2.43. The Kier molecular flexibility index (Phi) is 7.48. The number of carboxylic acids is 1. The molecule has 2 fully saturated rings. The lowest BCUT2D eigenvalue weighted by Gasteiger charge is -2.33. The summed E-state index contributed by atoms with van der Waals surface area (Å²) >= 11 is 5.94. The van der Waals surface area contributed by atoms with Crippen molar-refractivity contribution in [3.05, 3.63) is 81.9 Å². The summed E-state index contributed by atoms with van der Waals surface area (Å²) in [4.78, 5) is 17.4. The van der Waals surface area contributed by atoms with Crippen molar-refractivity contribution in [3.63, 3.8) is 0 Å². The lowest BCUT2D eigenvalue weighted by molar-refractivity contribution is -0.131. The van der Waals surface area contributed by atoms with E-state index in [9.17, 15) is 13.6 Å². The Morgan fingerprint density at radius 3 is 2.66 bits per heavy atom. The molecular formula is C30H30ClF2N3O5. The van der Waals surface area contributed by atoms with Crippen LogP contribution in [-0.2, 0) is 28.4 Å². The molecule has 4 heterocycles. The summed E-state index contributed by atoms with van der Waals surface area (Å²) < 4.78 is 49.3. The number of benzene rings is 2. The quantitative estimate of drug-likeness (QED) is 0.338. The molecule has 2 saturated heterocycles. The molecular weight excluding hydrogens is 556 g/mol. The Bertz CT molecular complexity index is 1500. The number of aliphatic carboxylic acids is 1. The predicted molar refractivity (Wildman–Crippen MR) is 147 cm³/mol. The number of fused-ring (bicyclic) bond motifs is 1. The van der Waals surface area contributed by atoms with Gasteiger partial charge < -0.3 is 23.9 Å². The maximum absolute atomic E-state index is 14.8. The highest BCUT2D eigenvalue weighted by molar-refractivity contribution is 6.30. The zero-order valence-electron chi connectivity index (χ0n) is 22.5. The summed E-state index contributed by atoms with van der Waals surface area (Å²) in [6.07, 6.45) is 4.65. The number of imidazole rings is 1. The molecule has 3 aromatic rings. The minimum atomic E-state index is -1.31. The van der Waals surface area contributed by atoms with Crippen molar-refractivity contribution in [2.75, 3.05) is 19.7 Å². The Balaban J connectivity index is 1.16. The number of carboxylic acid groups (broad SMARTS) is 1. The summed E-state index contributed by atoms with van der Waals surface area (Å²) in [5.74, 6) is -1.73. The summed E-state index contributed by atoms with van der Waals surface area (Å²) in [7, 11) is 0. The van der Waals surface area contributed by atoms with E-state index in [4.69, 9.17) is 30.9 Å². The number of ether oxygens (including phenoxy) is 3. The van der Waals surface area contributed by atoms with Gasteiger partial charge >= 0.3 is 5.97 Å². The SMILES string of the molecule is C[C@]1(c2ccc(Cl)cc2F)Oc2cccc(C3CCN(Cc4nc(F)c(/C=C/C(=O)O)n4C[C@@H]4CCO4)CC3)c2O1. The molecule has 0 unspecified atom stereocenters. The highest BCUT2D eigenvalue weighted by Crippen LogP contribution is 2.49. The van der Waals surface area contributed by atoms with Gasteiger partial charge in [0, 0.05) is 30.2 Å². The van der Waals surface area contributed by atoms with E-state index < -0.39 is 23.5 Å². The van der Waals surface area contributed by atoms with Crippen molar-refractivity contribution in [1.82, 2.24) is 14.5 Å². The molecule has 216 valence electrons. The second-order valence-corrected chi connectivity index (χ2v) is 11.2. The fourth-order valence-corrected chi connectivity index (χ4v) is 5.94. The van der Waals surface area contributed by atoms with E-state index in [-0.39, 0.29) is 23.3 Å². The predicted octanol–water partition coefficient (Wildman–Crippen LogP) is 5.73. The number of rotatable bonds is 8. The van der Waals surface area contributed by atoms with E-state index in [2.05, 4.69) is 9.88 Å². The number of nitrogens with zero attached hydrogens (tertiary/aromatic N) is 3. The smallest absolute Gasteiger partial charge is 0.328 e. The first kappa shape index (κ1) is 27.7. The Labute approximate surface area is 241 Å². The topological polar surface area (TPSA) is 86.1 Å². The zero-order chi connectivity index (χ0) is 28.7. The Hall–Kier alpha value is -3.47. The standard InChI is InChI=1S/C30H30ClF2N3O5/c1-30(22-6-5-19(31)15-23(22)32)40-25-4-2-3-21(28(25)41-30)18-9-12-35(13-10-18)17-26-34-29(33)24(7-8-27(37)38)36(26)16-20-11-14-39-20/h2-8,15,18,20H,9-14,16-17H2,1H3,(H,37,38)/b8-7+/t20-,30-/m0/s1. The number of hydrogen-bond acceptors (Lipinski definition) is 6. The maximum Gasteiger partial charge on any atom is 0.328 e. The van der Waals surface area contributed by atoms with Gasteiger partial charge in [-0.15, -0.1) is 0 Å². The van der Waals surface area contributed by atoms with Gasteiger partial charge in [0.1, 0.15) is 11.6 Å². The van der Waals surface area contributed by atoms with Gasteiger partial charge in [-0.05, 0) is 68.6 Å². The molecule has 6 rings (SSSR count). The van der Waals surface area contributed by atoms with E-state index in [0.717, 1.165) is 44.0 Å². The van der Waals surface area contributed by atoms with Crippen molar-refractivity contribution >= 4 is 23.6 Å². The number of carbonyl (C=O) groups is 1. The molecule has 0 saturated carbocycles. The Morgan fingerprint density at radius 1 is 1.20 bits per heavy atom. The van der Waals surface area contributed by atoms with E-state index in [1.165, 1.54) is 12.1 Å². The molecule has 0 aliphatic carbocycles. The van der Waals surface area contributed by atoms with Crippen molar-refractivity contribution in [1.29, 1.82) is 0 Å². The molecule has 0 bridgehead atoms. The van der Waals surface area contributed by atoms with Gasteiger partial charge in [-0.2, -0.15) is 4.39 Å². The van der Waals surface area contributed by atoms with Gasteiger partial charge in [-0.25, -0.2) is 14.2 Å².